The molecule has 0 spiro atoms. The van der Waals surface area contributed by atoms with E-state index in [9.17, 15) is 4.91 Å². The van der Waals surface area contributed by atoms with Gasteiger partial charge in [0.2, 0.25) is 0 Å². The molecule has 0 amide bonds. The Morgan fingerprint density at radius 1 is 1.12 bits per heavy atom. The number of benzene rings is 1. The Balaban J connectivity index is 2.52. The van der Waals surface area contributed by atoms with Gasteiger partial charge in [0, 0.05) is 18.5 Å². The van der Waals surface area contributed by atoms with E-state index in [1.165, 1.54) is 0 Å². The van der Waals surface area contributed by atoms with E-state index in [0.717, 1.165) is 11.1 Å². The molecule has 0 N–H and O–H groups in total. The minimum atomic E-state index is 0.353. The highest BCUT2D eigenvalue weighted by Gasteiger charge is 2.03. The van der Waals surface area contributed by atoms with Crippen LogP contribution in [0.3, 0.4) is 0 Å². The van der Waals surface area contributed by atoms with E-state index in [1.807, 2.05) is 18.2 Å². The van der Waals surface area contributed by atoms with Crippen LogP contribution in [0.2, 0.25) is 0 Å². The minimum absolute atomic E-state index is 0.353. The highest BCUT2D eigenvalue weighted by Crippen LogP contribution is 2.29. The number of methoxy groups -OCH3 is 1. The van der Waals surface area contributed by atoms with Crippen molar-refractivity contribution in [2.24, 2.45) is 5.18 Å². The topological polar surface area (TPSA) is 51.5 Å². The molecule has 0 bridgehead atoms. The molecule has 0 radical (unpaired) electrons. The largest absolute Gasteiger partial charge is 0.497 e. The van der Waals surface area contributed by atoms with E-state index in [1.54, 1.807) is 31.6 Å². The van der Waals surface area contributed by atoms with Crippen molar-refractivity contribution in [3.8, 4) is 16.9 Å². The third kappa shape index (κ3) is 2.06. The number of hydrogen-bond acceptors (Lipinski definition) is 4. The fraction of sp³-hybridized carbons (Fsp3) is 0.0833. The molecule has 0 saturated heterocycles. The van der Waals surface area contributed by atoms with E-state index in [2.05, 4.69) is 10.2 Å². The molecule has 1 aromatic carbocycles. The van der Waals surface area contributed by atoms with Crippen LogP contribution >= 0.6 is 0 Å². The third-order valence-electron chi connectivity index (χ3n) is 2.25. The highest BCUT2D eigenvalue weighted by molar-refractivity contribution is 5.69. The van der Waals surface area contributed by atoms with Crippen LogP contribution < -0.4 is 4.74 Å². The van der Waals surface area contributed by atoms with Crippen molar-refractivity contribution in [1.29, 1.82) is 0 Å². The van der Waals surface area contributed by atoms with Crippen LogP contribution in [0.1, 0.15) is 0 Å². The van der Waals surface area contributed by atoms with E-state index < -0.39 is 0 Å². The summed E-state index contributed by atoms with van der Waals surface area (Å²) in [7, 11) is 1.56. The summed E-state index contributed by atoms with van der Waals surface area (Å²) < 4.78 is 5.10. The third-order valence-corrected chi connectivity index (χ3v) is 2.25. The van der Waals surface area contributed by atoms with Gasteiger partial charge in [0.15, 0.2) is 0 Å². The molecular weight excluding hydrogens is 204 g/mol. The SMILES string of the molecule is COc1cc(N=O)cc(-c2ccncc2)c1. The second-order valence-electron chi connectivity index (χ2n) is 3.25. The zero-order chi connectivity index (χ0) is 11.4. The highest BCUT2D eigenvalue weighted by atomic mass is 16.5. The second kappa shape index (κ2) is 4.53. The van der Waals surface area contributed by atoms with Crippen molar-refractivity contribution < 1.29 is 4.74 Å². The van der Waals surface area contributed by atoms with Gasteiger partial charge in [-0.15, -0.1) is 4.91 Å². The zero-order valence-corrected chi connectivity index (χ0v) is 8.75. The lowest BCUT2D eigenvalue weighted by molar-refractivity contribution is 0.415. The molecule has 0 aliphatic rings. The quantitative estimate of drug-likeness (QED) is 0.737. The van der Waals surface area contributed by atoms with Gasteiger partial charge in [-0.3, -0.25) is 4.98 Å². The molecule has 2 rings (SSSR count). The van der Waals surface area contributed by atoms with Gasteiger partial charge >= 0.3 is 0 Å². The normalized spacial score (nSPS) is 9.81. The van der Waals surface area contributed by atoms with Crippen LogP contribution in [-0.2, 0) is 0 Å². The van der Waals surface area contributed by atoms with Gasteiger partial charge in [0.05, 0.1) is 7.11 Å². The molecule has 4 nitrogen and oxygen atoms in total. The molecule has 1 heterocycles. The van der Waals surface area contributed by atoms with E-state index >= 15 is 0 Å². The molecule has 0 unspecified atom stereocenters. The molecule has 1 aromatic heterocycles. The van der Waals surface area contributed by atoms with Gasteiger partial charge in [-0.25, -0.2) is 0 Å². The fourth-order valence-corrected chi connectivity index (χ4v) is 1.46. The van der Waals surface area contributed by atoms with E-state index in [-0.39, 0.29) is 0 Å². The maximum Gasteiger partial charge on any atom is 0.121 e. The number of hydrogen-bond donors (Lipinski definition) is 0. The van der Waals surface area contributed by atoms with Crippen molar-refractivity contribution in [2.45, 2.75) is 0 Å². The fourth-order valence-electron chi connectivity index (χ4n) is 1.46. The van der Waals surface area contributed by atoms with Gasteiger partial charge in [-0.1, -0.05) is 0 Å². The van der Waals surface area contributed by atoms with Crippen LogP contribution in [0.4, 0.5) is 5.69 Å². The van der Waals surface area contributed by atoms with Gasteiger partial charge < -0.3 is 4.74 Å². The Hall–Kier alpha value is -2.23. The van der Waals surface area contributed by atoms with Crippen molar-refractivity contribution >= 4 is 5.69 Å². The first-order valence-electron chi connectivity index (χ1n) is 4.76. The monoisotopic (exact) mass is 214 g/mol. The summed E-state index contributed by atoms with van der Waals surface area (Å²) in [5.41, 5.74) is 2.21. The van der Waals surface area contributed by atoms with Gasteiger partial charge in [-0.05, 0) is 40.6 Å². The van der Waals surface area contributed by atoms with Crippen LogP contribution in [0, 0.1) is 4.91 Å². The van der Waals surface area contributed by atoms with Crippen LogP contribution in [0.25, 0.3) is 11.1 Å². The summed E-state index contributed by atoms with van der Waals surface area (Å²) in [5, 5.41) is 2.92. The summed E-state index contributed by atoms with van der Waals surface area (Å²) in [4.78, 5) is 14.5. The number of nitroso groups, excluding NO2 is 1. The van der Waals surface area contributed by atoms with Gasteiger partial charge in [0.1, 0.15) is 11.4 Å². The zero-order valence-electron chi connectivity index (χ0n) is 8.75. The minimum Gasteiger partial charge on any atom is -0.497 e. The molecule has 80 valence electrons. The first-order chi connectivity index (χ1) is 7.83. The first kappa shape index (κ1) is 10.3. The van der Waals surface area contributed by atoms with E-state index in [4.69, 9.17) is 4.74 Å². The summed E-state index contributed by atoms with van der Waals surface area (Å²) >= 11 is 0. The Morgan fingerprint density at radius 2 is 1.88 bits per heavy atom. The molecule has 0 aliphatic carbocycles. The molecule has 4 heteroatoms. The lowest BCUT2D eigenvalue weighted by Gasteiger charge is -2.05. The number of pyridine rings is 1. The Labute approximate surface area is 92.9 Å². The maximum atomic E-state index is 10.5. The second-order valence-corrected chi connectivity index (χ2v) is 3.25. The smallest absolute Gasteiger partial charge is 0.121 e. The molecule has 0 saturated carbocycles. The Bertz CT molecular complexity index is 498. The average molecular weight is 214 g/mol. The van der Waals surface area contributed by atoms with Crippen molar-refractivity contribution in [3.05, 3.63) is 47.6 Å². The number of rotatable bonds is 3. The summed E-state index contributed by atoms with van der Waals surface area (Å²) in [6, 6.07) is 8.89. The number of nitrogens with zero attached hydrogens (tertiary/aromatic N) is 2. The molecule has 0 fully saturated rings. The number of ether oxygens (including phenoxy) is 1. The van der Waals surface area contributed by atoms with Crippen LogP contribution in [0.5, 0.6) is 5.75 Å². The van der Waals surface area contributed by atoms with Crippen molar-refractivity contribution in [2.75, 3.05) is 7.11 Å². The van der Waals surface area contributed by atoms with Crippen molar-refractivity contribution in [3.63, 3.8) is 0 Å². The Morgan fingerprint density at radius 3 is 2.50 bits per heavy atom. The predicted molar refractivity (Wildman–Crippen MR) is 61.7 cm³/mol. The molecule has 0 atom stereocenters. The first-order valence-corrected chi connectivity index (χ1v) is 4.76. The maximum absolute atomic E-state index is 10.5. The summed E-state index contributed by atoms with van der Waals surface area (Å²) in [6.07, 6.45) is 3.39. The Kier molecular flexibility index (Phi) is 2.91. The van der Waals surface area contributed by atoms with Gasteiger partial charge in [0.25, 0.3) is 0 Å². The molecular formula is C12H10N2O2. The molecule has 16 heavy (non-hydrogen) atoms. The standard InChI is InChI=1S/C12H10N2O2/c1-16-12-7-10(6-11(8-12)14-15)9-2-4-13-5-3-9/h2-8H,1H3. The summed E-state index contributed by atoms with van der Waals surface area (Å²) in [6.45, 7) is 0. The molecule has 0 aliphatic heterocycles. The summed E-state index contributed by atoms with van der Waals surface area (Å²) in [5.74, 6) is 0.615. The average Bonchev–Trinajstić information content (AvgIpc) is 2.39. The van der Waals surface area contributed by atoms with Crippen molar-refractivity contribution in [1.82, 2.24) is 4.98 Å². The predicted octanol–water partition coefficient (Wildman–Crippen LogP) is 3.16. The van der Waals surface area contributed by atoms with Crippen LogP contribution in [0.15, 0.2) is 47.9 Å². The molecule has 2 aromatic rings. The van der Waals surface area contributed by atoms with Crippen LogP contribution in [-0.4, -0.2) is 12.1 Å². The lowest BCUT2D eigenvalue weighted by Crippen LogP contribution is -1.84. The van der Waals surface area contributed by atoms with E-state index in [0.29, 0.717) is 11.4 Å². The lowest BCUT2D eigenvalue weighted by atomic mass is 10.1. The number of aromatic nitrogens is 1. The van der Waals surface area contributed by atoms with Gasteiger partial charge in [-0.2, -0.15) is 0 Å².